The van der Waals surface area contributed by atoms with Gasteiger partial charge in [0.1, 0.15) is 12.2 Å². The van der Waals surface area contributed by atoms with Gasteiger partial charge in [-0.3, -0.25) is 0 Å². The molecule has 0 radical (unpaired) electrons. The van der Waals surface area contributed by atoms with Crippen molar-refractivity contribution in [1.29, 1.82) is 0 Å². The van der Waals surface area contributed by atoms with Crippen molar-refractivity contribution < 1.29 is 14.3 Å². The van der Waals surface area contributed by atoms with Gasteiger partial charge in [0, 0.05) is 6.54 Å². The van der Waals surface area contributed by atoms with Gasteiger partial charge >= 0.3 is 6.09 Å². The number of hydrogen-bond acceptors (Lipinski definition) is 5. The number of amides is 1. The van der Waals surface area contributed by atoms with Crippen molar-refractivity contribution in [2.75, 3.05) is 13.2 Å². The highest BCUT2D eigenvalue weighted by molar-refractivity contribution is 5.74. The number of nitrogens with zero attached hydrogens (tertiary/aromatic N) is 3. The van der Waals surface area contributed by atoms with Gasteiger partial charge in [0.25, 0.3) is 0 Å². The van der Waals surface area contributed by atoms with Gasteiger partial charge in [-0.05, 0) is 52.2 Å². The lowest BCUT2D eigenvalue weighted by Crippen LogP contribution is -2.48. The highest BCUT2D eigenvalue weighted by Crippen LogP contribution is 2.21. The fourth-order valence-corrected chi connectivity index (χ4v) is 2.93. The van der Waals surface area contributed by atoms with Gasteiger partial charge in [0.05, 0.1) is 23.3 Å². The second kappa shape index (κ2) is 7.25. The van der Waals surface area contributed by atoms with E-state index in [1.807, 2.05) is 45.0 Å². The lowest BCUT2D eigenvalue weighted by molar-refractivity contribution is 0.00335. The number of aromatic nitrogens is 2. The Morgan fingerprint density at radius 2 is 2.00 bits per heavy atom. The quantitative estimate of drug-likeness (QED) is 0.848. The molecule has 0 unspecified atom stereocenters. The molecule has 1 aliphatic rings. The van der Waals surface area contributed by atoms with Gasteiger partial charge in [-0.2, -0.15) is 0 Å². The molecule has 0 bridgehead atoms. The number of likely N-dealkylation sites (tertiary alicyclic amines) is 1. The Hall–Kier alpha value is -2.37. The summed E-state index contributed by atoms with van der Waals surface area (Å²) in [7, 11) is 0. The maximum Gasteiger partial charge on any atom is 0.410 e. The number of rotatable bonds is 3. The van der Waals surface area contributed by atoms with Crippen LogP contribution in [0.2, 0.25) is 0 Å². The molecule has 1 aliphatic heterocycles. The summed E-state index contributed by atoms with van der Waals surface area (Å²) in [4.78, 5) is 23.0. The van der Waals surface area contributed by atoms with Crippen LogP contribution in [0.4, 0.5) is 4.79 Å². The smallest absolute Gasteiger partial charge is 0.410 e. The second-order valence-electron chi connectivity index (χ2n) is 7.33. The summed E-state index contributed by atoms with van der Waals surface area (Å²) in [6, 6.07) is 7.67. The van der Waals surface area contributed by atoms with E-state index in [9.17, 15) is 4.79 Å². The third kappa shape index (κ3) is 4.59. The Kier molecular flexibility index (Phi) is 5.06. The number of benzene rings is 1. The first-order valence-electron chi connectivity index (χ1n) is 8.76. The number of fused-ring (bicyclic) bond motifs is 1. The normalized spacial score (nSPS) is 18.2. The van der Waals surface area contributed by atoms with Crippen LogP contribution in [0, 0.1) is 0 Å². The lowest BCUT2D eigenvalue weighted by Gasteiger charge is -2.36. The van der Waals surface area contributed by atoms with Crippen LogP contribution in [0.1, 0.15) is 40.0 Å². The predicted molar refractivity (Wildman–Crippen MR) is 95.6 cm³/mol. The van der Waals surface area contributed by atoms with E-state index in [1.165, 1.54) is 0 Å². The third-order valence-corrected chi connectivity index (χ3v) is 4.11. The van der Waals surface area contributed by atoms with Crippen LogP contribution in [-0.4, -0.2) is 45.8 Å². The first kappa shape index (κ1) is 17.5. The van der Waals surface area contributed by atoms with Crippen molar-refractivity contribution >= 4 is 17.1 Å². The van der Waals surface area contributed by atoms with E-state index in [2.05, 4.69) is 9.97 Å². The van der Waals surface area contributed by atoms with Crippen LogP contribution in [-0.2, 0) is 4.74 Å². The molecule has 1 atom stereocenters. The number of carbonyl (C=O) groups is 1. The number of carbonyl (C=O) groups excluding carboxylic acids is 1. The summed E-state index contributed by atoms with van der Waals surface area (Å²) >= 11 is 0. The Morgan fingerprint density at radius 3 is 2.76 bits per heavy atom. The van der Waals surface area contributed by atoms with Crippen molar-refractivity contribution in [3.8, 4) is 5.88 Å². The van der Waals surface area contributed by atoms with Crippen LogP contribution >= 0.6 is 0 Å². The fourth-order valence-electron chi connectivity index (χ4n) is 2.93. The van der Waals surface area contributed by atoms with E-state index in [1.54, 1.807) is 11.1 Å². The van der Waals surface area contributed by atoms with Crippen molar-refractivity contribution in [1.82, 2.24) is 14.9 Å². The molecule has 6 nitrogen and oxygen atoms in total. The average Bonchev–Trinajstić information content (AvgIpc) is 2.58. The Labute approximate surface area is 148 Å². The zero-order chi connectivity index (χ0) is 17.9. The number of hydrogen-bond donors (Lipinski definition) is 0. The standard InChI is InChI=1S/C19H25N3O3/c1-19(2,3)25-18(23)22-11-7-6-8-14(22)13-24-17-12-20-15-9-4-5-10-16(15)21-17/h4-5,9-10,12,14H,6-8,11,13H2,1-3H3/t14-/m0/s1. The van der Waals surface area contributed by atoms with Gasteiger partial charge in [0.15, 0.2) is 0 Å². The molecule has 1 fully saturated rings. The van der Waals surface area contributed by atoms with Crippen LogP contribution < -0.4 is 4.74 Å². The molecular weight excluding hydrogens is 318 g/mol. The first-order valence-corrected chi connectivity index (χ1v) is 8.76. The minimum atomic E-state index is -0.496. The third-order valence-electron chi connectivity index (χ3n) is 4.11. The maximum atomic E-state index is 12.4. The molecule has 0 N–H and O–H groups in total. The van der Waals surface area contributed by atoms with Crippen LogP contribution in [0.25, 0.3) is 11.0 Å². The van der Waals surface area contributed by atoms with Gasteiger partial charge in [-0.15, -0.1) is 0 Å². The molecule has 2 aromatic rings. The Bertz CT molecular complexity index is 742. The molecule has 1 amide bonds. The van der Waals surface area contributed by atoms with Gasteiger partial charge in [-0.25, -0.2) is 14.8 Å². The van der Waals surface area contributed by atoms with Crippen LogP contribution in [0.5, 0.6) is 5.88 Å². The number of para-hydroxylation sites is 2. The van der Waals surface area contributed by atoms with E-state index in [0.29, 0.717) is 19.0 Å². The van der Waals surface area contributed by atoms with Crippen LogP contribution in [0.15, 0.2) is 30.5 Å². The first-order chi connectivity index (χ1) is 11.9. The minimum absolute atomic E-state index is 0.00290. The Morgan fingerprint density at radius 1 is 1.24 bits per heavy atom. The molecule has 3 rings (SSSR count). The molecule has 1 saturated heterocycles. The molecule has 0 saturated carbocycles. The van der Waals surface area contributed by atoms with E-state index in [-0.39, 0.29) is 12.1 Å². The number of piperidine rings is 1. The van der Waals surface area contributed by atoms with Crippen molar-refractivity contribution in [3.05, 3.63) is 30.5 Å². The maximum absolute atomic E-state index is 12.4. The summed E-state index contributed by atoms with van der Waals surface area (Å²) < 4.78 is 11.4. The second-order valence-corrected chi connectivity index (χ2v) is 7.33. The summed E-state index contributed by atoms with van der Waals surface area (Å²) in [6.07, 6.45) is 4.33. The van der Waals surface area contributed by atoms with E-state index >= 15 is 0 Å². The fraction of sp³-hybridized carbons (Fsp3) is 0.526. The minimum Gasteiger partial charge on any atom is -0.474 e. The van der Waals surface area contributed by atoms with Gasteiger partial charge in [-0.1, -0.05) is 12.1 Å². The molecule has 6 heteroatoms. The van der Waals surface area contributed by atoms with Gasteiger partial charge in [0.2, 0.25) is 5.88 Å². The largest absolute Gasteiger partial charge is 0.474 e. The number of ether oxygens (including phenoxy) is 2. The molecule has 1 aromatic heterocycles. The molecular formula is C19H25N3O3. The molecule has 0 aliphatic carbocycles. The van der Waals surface area contributed by atoms with Crippen molar-refractivity contribution in [2.45, 2.75) is 51.7 Å². The topological polar surface area (TPSA) is 64.5 Å². The SMILES string of the molecule is CC(C)(C)OC(=O)N1CCCC[C@H]1COc1cnc2ccccc2n1. The van der Waals surface area contributed by atoms with Crippen molar-refractivity contribution in [2.24, 2.45) is 0 Å². The molecule has 134 valence electrons. The summed E-state index contributed by atoms with van der Waals surface area (Å²) in [5.74, 6) is 0.480. The van der Waals surface area contributed by atoms with Gasteiger partial charge < -0.3 is 14.4 Å². The average molecular weight is 343 g/mol. The molecule has 2 heterocycles. The highest BCUT2D eigenvalue weighted by atomic mass is 16.6. The van der Waals surface area contributed by atoms with E-state index in [0.717, 1.165) is 30.3 Å². The molecule has 1 aromatic carbocycles. The van der Waals surface area contributed by atoms with Crippen LogP contribution in [0.3, 0.4) is 0 Å². The summed E-state index contributed by atoms with van der Waals surface area (Å²) in [5.41, 5.74) is 1.14. The zero-order valence-electron chi connectivity index (χ0n) is 15.1. The monoisotopic (exact) mass is 343 g/mol. The predicted octanol–water partition coefficient (Wildman–Crippen LogP) is 3.80. The molecule has 25 heavy (non-hydrogen) atoms. The zero-order valence-corrected chi connectivity index (χ0v) is 15.1. The lowest BCUT2D eigenvalue weighted by atomic mass is 10.0. The molecule has 0 spiro atoms. The van der Waals surface area contributed by atoms with E-state index in [4.69, 9.17) is 9.47 Å². The van der Waals surface area contributed by atoms with Crippen molar-refractivity contribution in [3.63, 3.8) is 0 Å². The summed E-state index contributed by atoms with van der Waals surface area (Å²) in [5, 5.41) is 0. The highest BCUT2D eigenvalue weighted by Gasteiger charge is 2.31. The van der Waals surface area contributed by atoms with E-state index < -0.39 is 5.60 Å². The summed E-state index contributed by atoms with van der Waals surface area (Å²) in [6.45, 7) is 6.74. The Balaban J connectivity index is 1.65.